The second-order valence-electron chi connectivity index (χ2n) is 3.42. The molecule has 0 saturated carbocycles. The average Bonchev–Trinajstić information content (AvgIpc) is 2.12. The van der Waals surface area contributed by atoms with Crippen molar-refractivity contribution >= 4 is 29.7 Å². The number of hydrogen-bond donors (Lipinski definition) is 0. The van der Waals surface area contributed by atoms with Gasteiger partial charge in [-0.25, -0.2) is 0 Å². The molecule has 0 fully saturated rings. The van der Waals surface area contributed by atoms with Gasteiger partial charge in [-0.3, -0.25) is 0 Å². The number of ketones is 1. The second-order valence-corrected chi connectivity index (χ2v) is 3.42. The van der Waals surface area contributed by atoms with Crippen LogP contribution in [0.3, 0.4) is 0 Å². The summed E-state index contributed by atoms with van der Waals surface area (Å²) in [6.07, 6.45) is 1.72. The molecule has 0 aromatic rings. The predicted molar refractivity (Wildman–Crippen MR) is 68.3 cm³/mol. The topological polar surface area (TPSA) is 178 Å². The van der Waals surface area contributed by atoms with Crippen LogP contribution >= 0.6 is 0 Å². The molecule has 132 valence electrons. The summed E-state index contributed by atoms with van der Waals surface area (Å²) in [6, 6.07) is 0. The van der Waals surface area contributed by atoms with Gasteiger partial charge < -0.3 is 44.4 Å². The van der Waals surface area contributed by atoms with Crippen molar-refractivity contribution in [3.8, 4) is 0 Å². The molecule has 10 heteroatoms. The van der Waals surface area contributed by atoms with Gasteiger partial charge in [0.05, 0.1) is 0 Å². The molecule has 0 heterocycles. The summed E-state index contributed by atoms with van der Waals surface area (Å²) < 4.78 is 0. The molecule has 23 heavy (non-hydrogen) atoms. The Labute approximate surface area is 154 Å². The van der Waals surface area contributed by atoms with Gasteiger partial charge in [0.2, 0.25) is 0 Å². The van der Waals surface area contributed by atoms with Crippen molar-refractivity contribution < 1.29 is 70.6 Å². The Hall–Kier alpha value is -1.57. The summed E-state index contributed by atoms with van der Waals surface area (Å²) in [5, 5.41) is 35.6. The molecule has 0 aromatic carbocycles. The molecule has 0 rings (SSSR count). The van der Waals surface area contributed by atoms with Crippen molar-refractivity contribution in [2.24, 2.45) is 0 Å². The Kier molecular flexibility index (Phi) is 52.9. The number of carbonyl (C=O) groups excluding carboxylic acids is 5. The molecule has 0 aliphatic rings. The summed E-state index contributed by atoms with van der Waals surface area (Å²) in [5.41, 5.74) is 0. The molecule has 0 unspecified atom stereocenters. The van der Waals surface area contributed by atoms with Crippen molar-refractivity contribution in [1.29, 1.82) is 0 Å². The summed E-state index contributed by atoms with van der Waals surface area (Å²) >= 11 is 0. The van der Waals surface area contributed by atoms with Crippen molar-refractivity contribution in [2.45, 2.75) is 54.4 Å². The van der Waals surface area contributed by atoms with Gasteiger partial charge in [0, 0.05) is 30.3 Å². The molecule has 0 amide bonds. The van der Waals surface area contributed by atoms with E-state index in [0.717, 1.165) is 40.5 Å². The van der Waals surface area contributed by atoms with Crippen LogP contribution in [0.2, 0.25) is 0 Å². The van der Waals surface area contributed by atoms with E-state index in [1.165, 1.54) is 0 Å². The Balaban J connectivity index is -0.0000000393. The number of carboxylic acids is 4. The number of aliphatic carboxylic acids is 4. The molecule has 0 atom stereocenters. The number of hydrogen-bond acceptors (Lipinski definition) is 9. The smallest absolute Gasteiger partial charge is 0.550 e. The quantitative estimate of drug-likeness (QED) is 0.442. The van der Waals surface area contributed by atoms with E-state index in [2.05, 4.69) is 0 Å². The van der Waals surface area contributed by atoms with E-state index in [1.54, 1.807) is 6.92 Å². The summed E-state index contributed by atoms with van der Waals surface area (Å²) in [7, 11) is 0. The van der Waals surface area contributed by atoms with Gasteiger partial charge >= 0.3 is 26.2 Å². The largest absolute Gasteiger partial charge is 4.00 e. The van der Waals surface area contributed by atoms with E-state index in [1.807, 2.05) is 6.92 Å². The average molecular weight is 414 g/mol. The van der Waals surface area contributed by atoms with Crippen molar-refractivity contribution in [2.75, 3.05) is 0 Å². The Morgan fingerprint density at radius 2 is 0.739 bits per heavy atom. The predicted octanol–water partition coefficient (Wildman–Crippen LogP) is -3.60. The zero-order valence-electron chi connectivity index (χ0n) is 14.1. The number of carboxylic acid groups (broad SMARTS) is 4. The molecule has 0 bridgehead atoms. The summed E-state index contributed by atoms with van der Waals surface area (Å²) in [4.78, 5) is 45.6. The number of Topliss-reactive ketones (excluding diaryl/α,β-unsaturated/α-hetero) is 1. The third-order valence-corrected chi connectivity index (χ3v) is 0.602. The first kappa shape index (κ1) is 37.6. The zero-order valence-corrected chi connectivity index (χ0v) is 16.5. The second kappa shape index (κ2) is 32.4. The van der Waals surface area contributed by atoms with E-state index in [4.69, 9.17) is 39.6 Å². The first-order chi connectivity index (χ1) is 9.70. The minimum atomic E-state index is -1.08. The Morgan fingerprint density at radius 1 is 0.609 bits per heavy atom. The van der Waals surface area contributed by atoms with Gasteiger partial charge in [-0.1, -0.05) is 6.92 Å². The van der Waals surface area contributed by atoms with Gasteiger partial charge in [-0.05, 0) is 41.0 Å². The molecular weight excluding hydrogens is 391 g/mol. The van der Waals surface area contributed by atoms with Crippen LogP contribution in [-0.4, -0.2) is 29.7 Å². The SMILES string of the molecule is CC(=O)[O-].CC(=O)[O-].CC(=O)[O-].CC(=O)[O-].CCCC(C)=O.[Zr+4]. The summed E-state index contributed by atoms with van der Waals surface area (Å²) in [6.45, 7) is 7.50. The third-order valence-electron chi connectivity index (χ3n) is 0.602. The van der Waals surface area contributed by atoms with Crippen molar-refractivity contribution in [1.82, 2.24) is 0 Å². The van der Waals surface area contributed by atoms with Crippen LogP contribution in [0, 0.1) is 0 Å². The minimum Gasteiger partial charge on any atom is -0.550 e. The van der Waals surface area contributed by atoms with E-state index in [0.29, 0.717) is 0 Å². The first-order valence-electron chi connectivity index (χ1n) is 5.90. The summed E-state index contributed by atoms with van der Waals surface area (Å²) in [5.74, 6) is -4.04. The van der Waals surface area contributed by atoms with E-state index < -0.39 is 23.9 Å². The molecule has 0 saturated heterocycles. The Bertz CT molecular complexity index is 263. The van der Waals surface area contributed by atoms with Gasteiger partial charge in [-0.2, -0.15) is 0 Å². The monoisotopic (exact) mass is 412 g/mol. The van der Waals surface area contributed by atoms with Gasteiger partial charge in [0.25, 0.3) is 0 Å². The van der Waals surface area contributed by atoms with Gasteiger partial charge in [0.1, 0.15) is 5.78 Å². The van der Waals surface area contributed by atoms with Crippen LogP contribution in [0.1, 0.15) is 54.4 Å². The molecule has 0 N–H and O–H groups in total. The Morgan fingerprint density at radius 3 is 0.739 bits per heavy atom. The fraction of sp³-hybridized carbons (Fsp3) is 0.615. The molecule has 0 aromatic heterocycles. The van der Waals surface area contributed by atoms with Gasteiger partial charge in [-0.15, -0.1) is 0 Å². The van der Waals surface area contributed by atoms with Crippen molar-refractivity contribution in [3.05, 3.63) is 0 Å². The van der Waals surface area contributed by atoms with Crippen LogP contribution < -0.4 is 20.4 Å². The van der Waals surface area contributed by atoms with Crippen LogP contribution in [0.4, 0.5) is 0 Å². The molecule has 9 nitrogen and oxygen atoms in total. The molecular formula is C13H22O9Zr. The van der Waals surface area contributed by atoms with Gasteiger partial charge in [0.15, 0.2) is 0 Å². The van der Waals surface area contributed by atoms with E-state index in [-0.39, 0.29) is 32.0 Å². The maximum Gasteiger partial charge on any atom is 4.00 e. The zero-order chi connectivity index (χ0) is 19.3. The van der Waals surface area contributed by atoms with Crippen LogP contribution in [0.15, 0.2) is 0 Å². The van der Waals surface area contributed by atoms with Crippen LogP contribution in [0.25, 0.3) is 0 Å². The normalized spacial score (nSPS) is 6.52. The molecule has 0 aliphatic carbocycles. The number of rotatable bonds is 2. The fourth-order valence-corrected chi connectivity index (χ4v) is 0.352. The van der Waals surface area contributed by atoms with Crippen molar-refractivity contribution in [3.63, 3.8) is 0 Å². The van der Waals surface area contributed by atoms with Crippen LogP contribution in [0.5, 0.6) is 0 Å². The maximum atomic E-state index is 10.0. The molecule has 0 spiro atoms. The fourth-order valence-electron chi connectivity index (χ4n) is 0.352. The maximum absolute atomic E-state index is 10.0. The van der Waals surface area contributed by atoms with E-state index in [9.17, 15) is 4.79 Å². The van der Waals surface area contributed by atoms with E-state index >= 15 is 0 Å². The standard InChI is InChI=1S/C5H10O.4C2H4O2.Zr/c1-3-4-5(2)6;4*1-2(3)4;/h3-4H2,1-2H3;4*1H3,(H,3,4);/q;;;;;+4/p-4. The molecule has 0 radical (unpaired) electrons. The third kappa shape index (κ3) is 3380. The first-order valence-corrected chi connectivity index (χ1v) is 5.90. The molecule has 0 aliphatic heterocycles. The number of carbonyl (C=O) groups is 5. The minimum absolute atomic E-state index is 0. The van der Waals surface area contributed by atoms with Crippen LogP contribution in [-0.2, 0) is 50.2 Å².